The highest BCUT2D eigenvalue weighted by Gasteiger charge is 2.48. The monoisotopic (exact) mass is 754 g/mol. The maximum absolute atomic E-state index is 13.3. The van der Waals surface area contributed by atoms with Gasteiger partial charge in [0.1, 0.15) is 13.2 Å². The number of amides is 2. The van der Waals surface area contributed by atoms with Crippen LogP contribution in [0.2, 0.25) is 0 Å². The fourth-order valence-electron chi connectivity index (χ4n) is 5.28. The van der Waals surface area contributed by atoms with Gasteiger partial charge in [-0.1, -0.05) is 27.7 Å². The fourth-order valence-corrected chi connectivity index (χ4v) is 9.56. The zero-order valence-corrected chi connectivity index (χ0v) is 31.2. The number of rotatable bonds is 18. The van der Waals surface area contributed by atoms with E-state index in [2.05, 4.69) is 25.5 Å². The Balaban J connectivity index is 1.29. The fraction of sp³-hybridized carbons (Fsp3) is 0.833. The van der Waals surface area contributed by atoms with Crippen molar-refractivity contribution in [3.63, 3.8) is 0 Å². The molecule has 5 atom stereocenters. The van der Waals surface area contributed by atoms with E-state index in [9.17, 15) is 33.1 Å². The zero-order valence-electron chi connectivity index (χ0n) is 29.4. The van der Waals surface area contributed by atoms with E-state index in [0.29, 0.717) is 6.61 Å². The average Bonchev–Trinajstić information content (AvgIpc) is 3.59. The molecule has 3 heterocycles. The summed E-state index contributed by atoms with van der Waals surface area (Å²) in [4.78, 5) is 61.3. The van der Waals surface area contributed by atoms with Gasteiger partial charge in [-0.25, -0.2) is 14.7 Å². The summed E-state index contributed by atoms with van der Waals surface area (Å²) in [6, 6.07) is 0. The largest absolute Gasteiger partial charge is 0.469 e. The lowest BCUT2D eigenvalue weighted by Gasteiger charge is -2.40. The predicted molar refractivity (Wildman–Crippen MR) is 177 cm³/mol. The quantitative estimate of drug-likeness (QED) is 0.0671. The number of nitrogens with one attached hydrogen (secondary N) is 4. The van der Waals surface area contributed by atoms with Crippen LogP contribution in [0.15, 0.2) is 0 Å². The molecule has 3 aliphatic heterocycles. The number of ether oxygens (including phenoxy) is 4. The Morgan fingerprint density at radius 2 is 1.38 bits per heavy atom. The number of esters is 3. The highest BCUT2D eigenvalue weighted by atomic mass is 31.2. The Morgan fingerprint density at radius 3 is 2.00 bits per heavy atom. The van der Waals surface area contributed by atoms with Crippen molar-refractivity contribution in [3.8, 4) is 0 Å². The highest BCUT2D eigenvalue weighted by molar-refractivity contribution is 7.57. The molecule has 3 saturated heterocycles. The second-order valence-corrected chi connectivity index (χ2v) is 17.7. The van der Waals surface area contributed by atoms with Crippen LogP contribution >= 0.6 is 15.3 Å². The van der Waals surface area contributed by atoms with Crippen LogP contribution in [0.25, 0.3) is 0 Å². The maximum Gasteiger partial charge on any atom is 0.406 e. The molecule has 4 N–H and O–H groups in total. The van der Waals surface area contributed by atoms with E-state index < -0.39 is 61.9 Å². The van der Waals surface area contributed by atoms with Crippen molar-refractivity contribution >= 4 is 45.0 Å². The van der Waals surface area contributed by atoms with Gasteiger partial charge in [0.25, 0.3) is 7.52 Å². The lowest BCUT2D eigenvalue weighted by molar-refractivity contribution is -0.152. The predicted octanol–water partition coefficient (Wildman–Crippen LogP) is 1.42. The van der Waals surface area contributed by atoms with Crippen molar-refractivity contribution in [1.82, 2.24) is 20.8 Å². The number of hydrogen-bond donors (Lipinski definition) is 4. The molecule has 2 amide bonds. The lowest BCUT2D eigenvalue weighted by atomic mass is 9.80. The van der Waals surface area contributed by atoms with Gasteiger partial charge in [0.05, 0.1) is 57.8 Å². The smallest absolute Gasteiger partial charge is 0.406 e. The van der Waals surface area contributed by atoms with Crippen LogP contribution in [-0.2, 0) is 65.6 Å². The molecular formula is C30H52N4O14P2. The first-order valence-corrected chi connectivity index (χ1v) is 20.0. The average molecular weight is 755 g/mol. The standard InChI is InChI=1S/C30H52N4O14P2/c1-29(2)19-46-49(40,18-22(29)27(38)31-11-8-23(35)42-5)33-13-10-25(37)45-16-15-44-24(36)9-12-32-28(39)26-30(3,4)20-47-50(41,48-26)34-17-21-7-6-14-43-21/h21-22,26H,6-20H2,1-5H3,(H,31,38)(H,32,39)(H,33,40)(H,34,41)/t21?,22-,26-,49+,50+/m0/s1. The van der Waals surface area contributed by atoms with Crippen molar-refractivity contribution in [3.05, 3.63) is 0 Å². The molecule has 3 fully saturated rings. The summed E-state index contributed by atoms with van der Waals surface area (Å²) in [5.41, 5.74) is -1.40. The molecular weight excluding hydrogens is 702 g/mol. The van der Waals surface area contributed by atoms with E-state index in [1.165, 1.54) is 7.11 Å². The van der Waals surface area contributed by atoms with Crippen LogP contribution in [0, 0.1) is 16.7 Å². The zero-order chi connectivity index (χ0) is 37.0. The summed E-state index contributed by atoms with van der Waals surface area (Å²) in [7, 11) is -5.94. The van der Waals surface area contributed by atoms with Gasteiger partial charge in [-0.2, -0.15) is 0 Å². The first-order chi connectivity index (χ1) is 23.5. The van der Waals surface area contributed by atoms with Crippen LogP contribution in [-0.4, -0.2) is 114 Å². The Kier molecular flexibility index (Phi) is 15.9. The molecule has 3 rings (SSSR count). The van der Waals surface area contributed by atoms with Crippen molar-refractivity contribution in [2.24, 2.45) is 16.7 Å². The number of carbonyl (C=O) groups is 5. The summed E-state index contributed by atoms with van der Waals surface area (Å²) in [5, 5.41) is 10.8. The Bertz CT molecular complexity index is 1310. The Labute approximate surface area is 292 Å². The number of hydrogen-bond acceptors (Lipinski definition) is 14. The molecule has 286 valence electrons. The van der Waals surface area contributed by atoms with Gasteiger partial charge in [0, 0.05) is 43.6 Å². The normalized spacial score (nSPS) is 28.6. The molecule has 0 aliphatic carbocycles. The second kappa shape index (κ2) is 18.9. The van der Waals surface area contributed by atoms with E-state index in [1.54, 1.807) is 13.8 Å². The van der Waals surface area contributed by atoms with Crippen molar-refractivity contribution in [2.45, 2.75) is 72.0 Å². The lowest BCUT2D eigenvalue weighted by Crippen LogP contribution is -2.51. The minimum atomic E-state index is -3.74. The maximum atomic E-state index is 13.3. The molecule has 0 radical (unpaired) electrons. The van der Waals surface area contributed by atoms with Crippen molar-refractivity contribution in [1.29, 1.82) is 0 Å². The molecule has 1 unspecified atom stereocenters. The summed E-state index contributed by atoms with van der Waals surface area (Å²) >= 11 is 0. The van der Waals surface area contributed by atoms with Gasteiger partial charge in [-0.05, 0) is 12.8 Å². The van der Waals surface area contributed by atoms with Crippen LogP contribution in [0.1, 0.15) is 59.8 Å². The topological polar surface area (TPSA) is 232 Å². The third-order valence-electron chi connectivity index (χ3n) is 8.44. The van der Waals surface area contributed by atoms with E-state index in [4.69, 9.17) is 27.8 Å². The SMILES string of the molecule is COC(=O)CCNC(=O)[C@@H]1C[P@](=O)(NCCC(=O)OCCOC(=O)CCNC(=O)[C@@H]2O[P@@](=O)(NCC3CCCO3)OCC2(C)C)OCC1(C)C. The molecule has 0 saturated carbocycles. The van der Waals surface area contributed by atoms with Crippen LogP contribution in [0.4, 0.5) is 0 Å². The number of methoxy groups -OCH3 is 1. The van der Waals surface area contributed by atoms with Gasteiger partial charge in [-0.3, -0.25) is 37.6 Å². The van der Waals surface area contributed by atoms with Gasteiger partial charge >= 0.3 is 25.7 Å². The van der Waals surface area contributed by atoms with Crippen LogP contribution in [0.5, 0.6) is 0 Å². The van der Waals surface area contributed by atoms with Gasteiger partial charge in [0.15, 0.2) is 6.10 Å². The van der Waals surface area contributed by atoms with Crippen LogP contribution < -0.4 is 20.8 Å². The van der Waals surface area contributed by atoms with Gasteiger partial charge in [0.2, 0.25) is 11.8 Å². The molecule has 50 heavy (non-hydrogen) atoms. The van der Waals surface area contributed by atoms with E-state index in [-0.39, 0.29) is 90.0 Å². The summed E-state index contributed by atoms with van der Waals surface area (Å²) in [6.07, 6.45) is 0.129. The van der Waals surface area contributed by atoms with E-state index >= 15 is 0 Å². The highest BCUT2D eigenvalue weighted by Crippen LogP contribution is 2.54. The molecule has 3 aliphatic rings. The van der Waals surface area contributed by atoms with Crippen molar-refractivity contribution < 1.29 is 65.6 Å². The first-order valence-electron chi connectivity index (χ1n) is 16.7. The summed E-state index contributed by atoms with van der Waals surface area (Å²) < 4.78 is 63.2. The van der Waals surface area contributed by atoms with E-state index in [1.807, 2.05) is 13.8 Å². The minimum absolute atomic E-state index is 0.00803. The molecule has 18 nitrogen and oxygen atoms in total. The Morgan fingerprint density at radius 1 is 0.780 bits per heavy atom. The molecule has 0 aromatic heterocycles. The summed E-state index contributed by atoms with van der Waals surface area (Å²) in [6.45, 7) is 7.62. The molecule has 20 heteroatoms. The third kappa shape index (κ3) is 13.3. The van der Waals surface area contributed by atoms with Gasteiger partial charge in [-0.15, -0.1) is 0 Å². The number of carbonyl (C=O) groups excluding carboxylic acids is 5. The minimum Gasteiger partial charge on any atom is -0.469 e. The van der Waals surface area contributed by atoms with Crippen LogP contribution in [0.3, 0.4) is 0 Å². The van der Waals surface area contributed by atoms with Gasteiger partial charge < -0.3 is 34.1 Å². The molecule has 0 aromatic carbocycles. The third-order valence-corrected chi connectivity index (χ3v) is 12.1. The molecule has 0 aromatic rings. The van der Waals surface area contributed by atoms with Crippen molar-refractivity contribution in [2.75, 3.05) is 72.5 Å². The first kappa shape index (κ1) is 42.0. The Hall–Kier alpha value is -2.43. The molecule has 0 spiro atoms. The van der Waals surface area contributed by atoms with E-state index in [0.717, 1.165) is 12.8 Å². The molecule has 0 bridgehead atoms. The second-order valence-electron chi connectivity index (χ2n) is 13.7. The summed E-state index contributed by atoms with van der Waals surface area (Å²) in [5.74, 6) is -3.31.